The molecular weight excluding hydrogens is 669 g/mol. The Kier molecular flexibility index (Phi) is 8.35. The van der Waals surface area contributed by atoms with Crippen LogP contribution in [0, 0.1) is 23.7 Å². The van der Waals surface area contributed by atoms with Gasteiger partial charge in [0, 0.05) is 23.0 Å². The maximum Gasteiger partial charge on any atom is 0.260 e. The van der Waals surface area contributed by atoms with Crippen molar-refractivity contribution in [2.45, 2.75) is 37.5 Å². The van der Waals surface area contributed by atoms with Gasteiger partial charge in [-0.25, -0.2) is 0 Å². The number of hydrazine groups is 1. The summed E-state index contributed by atoms with van der Waals surface area (Å²) in [4.78, 5) is 59.1. The zero-order chi connectivity index (χ0) is 34.8. The first kappa shape index (κ1) is 33.0. The van der Waals surface area contributed by atoms with Crippen LogP contribution in [0.2, 0.25) is 10.0 Å². The molecule has 49 heavy (non-hydrogen) atoms. The number of imide groups is 2. The van der Waals surface area contributed by atoms with Crippen LogP contribution in [0.25, 0.3) is 0 Å². The maximum atomic E-state index is 15.3. The van der Waals surface area contributed by atoms with Gasteiger partial charge in [-0.05, 0) is 73.2 Å². The van der Waals surface area contributed by atoms with Crippen molar-refractivity contribution in [3.8, 4) is 17.2 Å². The van der Waals surface area contributed by atoms with E-state index in [0.717, 1.165) is 5.01 Å². The first-order valence-electron chi connectivity index (χ1n) is 16.2. The summed E-state index contributed by atoms with van der Waals surface area (Å²) in [6.45, 7) is 2.22. The smallest absolute Gasteiger partial charge is 0.260 e. The van der Waals surface area contributed by atoms with Crippen molar-refractivity contribution in [1.82, 2.24) is 9.91 Å². The lowest BCUT2D eigenvalue weighted by Crippen LogP contribution is -2.53. The summed E-state index contributed by atoms with van der Waals surface area (Å²) < 4.78 is 11.3. The van der Waals surface area contributed by atoms with Crippen LogP contribution in [0.3, 0.4) is 0 Å². The molecule has 2 saturated heterocycles. The molecule has 3 aromatic carbocycles. The van der Waals surface area contributed by atoms with E-state index in [0.29, 0.717) is 46.2 Å². The Bertz CT molecular complexity index is 1910. The summed E-state index contributed by atoms with van der Waals surface area (Å²) in [6.07, 6.45) is 2.95. The fraction of sp³-hybridized carbons (Fsp3) is 0.351. The number of benzene rings is 3. The minimum absolute atomic E-state index is 0.113. The number of ether oxygens (including phenoxy) is 2. The Balaban J connectivity index is 1.49. The molecule has 4 aliphatic rings. The molecule has 2 aliphatic carbocycles. The number of anilines is 1. The summed E-state index contributed by atoms with van der Waals surface area (Å²) >= 11 is 12.7. The molecule has 10 nitrogen and oxygen atoms in total. The number of phenols is 1. The number of allylic oxidation sites excluding steroid dienone is 2. The van der Waals surface area contributed by atoms with Gasteiger partial charge in [0.2, 0.25) is 11.8 Å². The van der Waals surface area contributed by atoms with E-state index in [1.165, 1.54) is 31.3 Å². The second kappa shape index (κ2) is 12.4. The topological polar surface area (TPSA) is 125 Å². The van der Waals surface area contributed by atoms with Gasteiger partial charge in [-0.2, -0.15) is 5.01 Å². The first-order chi connectivity index (χ1) is 23.6. The Morgan fingerprint density at radius 2 is 1.69 bits per heavy atom. The standard InChI is InChI=1S/C37H35Cl2N3O7/c1-4-16-41-33(44)23-14-13-22-24(30(23)35(41)46)18-25-34(45)42(40-27-15-10-20(38)17-26(27)39)36(47)37(25,19-8-11-21(48-2)12-9-19)32(22)31-28(43)6-5-7-29(31)49-3/h5-13,15,17,23-25,30,32,40,43H,4,14,16,18H2,1-3H3/t23-,24+,25-,30-,32+,37+/m0/s1. The van der Waals surface area contributed by atoms with Crippen molar-refractivity contribution >= 4 is 52.5 Å². The molecule has 6 atom stereocenters. The number of hydrogen-bond acceptors (Lipinski definition) is 8. The predicted molar refractivity (Wildman–Crippen MR) is 182 cm³/mol. The van der Waals surface area contributed by atoms with Crippen LogP contribution >= 0.6 is 23.2 Å². The first-order valence-corrected chi connectivity index (χ1v) is 17.0. The SMILES string of the molecule is CCCN1C(=O)[C@H]2[C@H](CC=C3[C@H]2C[C@H]2C(=O)N(Nc4ccc(Cl)cc4Cl)C(=O)[C@@]2(c2ccc(OC)cc2)[C@H]3c2c(O)cccc2OC)C1=O. The second-order valence-electron chi connectivity index (χ2n) is 12.9. The lowest BCUT2D eigenvalue weighted by Gasteiger charge is -2.50. The lowest BCUT2D eigenvalue weighted by molar-refractivity contribution is -0.141. The molecule has 0 radical (unpaired) electrons. The number of likely N-dealkylation sites (tertiary alicyclic amines) is 1. The number of hydrogen-bond donors (Lipinski definition) is 2. The van der Waals surface area contributed by atoms with Crippen molar-refractivity contribution in [1.29, 1.82) is 0 Å². The maximum absolute atomic E-state index is 15.3. The van der Waals surface area contributed by atoms with Gasteiger partial charge < -0.3 is 14.6 Å². The molecule has 254 valence electrons. The van der Waals surface area contributed by atoms with Crippen LogP contribution in [0.4, 0.5) is 5.69 Å². The molecule has 0 aromatic heterocycles. The molecule has 3 aromatic rings. The minimum atomic E-state index is -1.62. The van der Waals surface area contributed by atoms with Crippen LogP contribution in [0.1, 0.15) is 43.2 Å². The quantitative estimate of drug-likeness (QED) is 0.213. The normalized spacial score (nSPS) is 27.4. The molecule has 3 fully saturated rings. The van der Waals surface area contributed by atoms with Crippen molar-refractivity contribution < 1.29 is 33.8 Å². The average Bonchev–Trinajstić information content (AvgIpc) is 3.46. The number of carbonyl (C=O) groups excluding carboxylic acids is 4. The van der Waals surface area contributed by atoms with Crippen LogP contribution in [0.5, 0.6) is 17.2 Å². The summed E-state index contributed by atoms with van der Waals surface area (Å²) in [5.41, 5.74) is 3.18. The van der Waals surface area contributed by atoms with Gasteiger partial charge in [-0.15, -0.1) is 0 Å². The van der Waals surface area contributed by atoms with E-state index in [2.05, 4.69) is 5.43 Å². The predicted octanol–water partition coefficient (Wildman–Crippen LogP) is 6.11. The van der Waals surface area contributed by atoms with Gasteiger partial charge in [0.1, 0.15) is 17.2 Å². The fourth-order valence-electron chi connectivity index (χ4n) is 8.67. The summed E-state index contributed by atoms with van der Waals surface area (Å²) in [5.74, 6) is -4.72. The highest BCUT2D eigenvalue weighted by Gasteiger charge is 2.71. The van der Waals surface area contributed by atoms with Crippen LogP contribution < -0.4 is 14.9 Å². The van der Waals surface area contributed by atoms with E-state index in [4.69, 9.17) is 32.7 Å². The van der Waals surface area contributed by atoms with E-state index in [1.54, 1.807) is 48.5 Å². The Hall–Kier alpha value is -4.54. The van der Waals surface area contributed by atoms with Gasteiger partial charge >= 0.3 is 0 Å². The number of phenolic OH excluding ortho intramolecular Hbond substituents is 1. The largest absolute Gasteiger partial charge is 0.508 e. The molecule has 1 saturated carbocycles. The van der Waals surface area contributed by atoms with Crippen molar-refractivity contribution in [2.75, 3.05) is 26.2 Å². The molecule has 0 bridgehead atoms. The van der Waals surface area contributed by atoms with Crippen molar-refractivity contribution in [3.05, 3.63) is 93.5 Å². The molecule has 2 heterocycles. The number of nitrogens with zero attached hydrogens (tertiary/aromatic N) is 2. The Labute approximate surface area is 293 Å². The van der Waals surface area contributed by atoms with E-state index in [-0.39, 0.29) is 41.1 Å². The zero-order valence-corrected chi connectivity index (χ0v) is 28.6. The van der Waals surface area contributed by atoms with E-state index in [9.17, 15) is 19.5 Å². The highest BCUT2D eigenvalue weighted by Crippen LogP contribution is 2.66. The summed E-state index contributed by atoms with van der Waals surface area (Å²) in [6, 6.07) is 16.5. The van der Waals surface area contributed by atoms with Gasteiger partial charge in [-0.1, -0.05) is 60.0 Å². The Morgan fingerprint density at radius 3 is 2.37 bits per heavy atom. The third-order valence-corrected chi connectivity index (χ3v) is 11.2. The van der Waals surface area contributed by atoms with E-state index in [1.807, 2.05) is 13.0 Å². The number of nitrogens with one attached hydrogen (secondary N) is 1. The highest BCUT2D eigenvalue weighted by atomic mass is 35.5. The lowest BCUT2D eigenvalue weighted by atomic mass is 9.49. The molecule has 2 aliphatic heterocycles. The summed E-state index contributed by atoms with van der Waals surface area (Å²) in [5, 5.41) is 13.2. The summed E-state index contributed by atoms with van der Waals surface area (Å²) in [7, 11) is 3.01. The zero-order valence-electron chi connectivity index (χ0n) is 27.1. The molecular formula is C37H35Cl2N3O7. The second-order valence-corrected chi connectivity index (χ2v) is 13.8. The molecule has 4 amide bonds. The molecule has 7 rings (SSSR count). The van der Waals surface area contributed by atoms with E-state index < -0.39 is 46.8 Å². The third-order valence-electron chi connectivity index (χ3n) is 10.7. The number of carbonyl (C=O) groups is 4. The number of amides is 4. The van der Waals surface area contributed by atoms with Gasteiger partial charge in [0.25, 0.3) is 11.8 Å². The number of halogens is 2. The van der Waals surface area contributed by atoms with Crippen LogP contribution in [-0.4, -0.2) is 59.4 Å². The minimum Gasteiger partial charge on any atom is -0.508 e. The Morgan fingerprint density at radius 1 is 0.939 bits per heavy atom. The third kappa shape index (κ3) is 4.82. The van der Waals surface area contributed by atoms with Crippen molar-refractivity contribution in [3.63, 3.8) is 0 Å². The van der Waals surface area contributed by atoms with E-state index >= 15 is 4.79 Å². The van der Waals surface area contributed by atoms with Gasteiger partial charge in [0.15, 0.2) is 0 Å². The van der Waals surface area contributed by atoms with Crippen molar-refractivity contribution in [2.24, 2.45) is 23.7 Å². The molecule has 0 spiro atoms. The molecule has 2 N–H and O–H groups in total. The molecule has 12 heteroatoms. The molecule has 0 unspecified atom stereocenters. The average molecular weight is 705 g/mol. The number of fused-ring (bicyclic) bond motifs is 4. The van der Waals surface area contributed by atoms with Crippen LogP contribution in [-0.2, 0) is 24.6 Å². The fourth-order valence-corrected chi connectivity index (χ4v) is 9.12. The highest BCUT2D eigenvalue weighted by molar-refractivity contribution is 6.36. The monoisotopic (exact) mass is 703 g/mol. The van der Waals surface area contributed by atoms with Gasteiger partial charge in [0.05, 0.1) is 48.1 Å². The van der Waals surface area contributed by atoms with Crippen LogP contribution in [0.15, 0.2) is 72.3 Å². The number of aromatic hydroxyl groups is 1. The number of methoxy groups -OCH3 is 2. The number of rotatable bonds is 8. The van der Waals surface area contributed by atoms with Gasteiger partial charge in [-0.3, -0.25) is 29.5 Å².